The Bertz CT molecular complexity index is 913. The molecule has 1 aromatic carbocycles. The minimum atomic E-state index is -2.55. The van der Waals surface area contributed by atoms with Crippen molar-refractivity contribution >= 4 is 17.3 Å². The number of benzene rings is 1. The first-order valence-corrected chi connectivity index (χ1v) is 10.9. The maximum Gasteiger partial charge on any atom is 0.275 e. The summed E-state index contributed by atoms with van der Waals surface area (Å²) in [7, 11) is 0. The third-order valence-corrected chi connectivity index (χ3v) is 6.71. The van der Waals surface area contributed by atoms with Crippen molar-refractivity contribution in [1.82, 2.24) is 10.2 Å². The highest BCUT2D eigenvalue weighted by molar-refractivity contribution is 6.03. The topological polar surface area (TPSA) is 56.8 Å². The molecule has 1 spiro atoms. The summed E-state index contributed by atoms with van der Waals surface area (Å²) in [5, 5.41) is 5.74. The van der Waals surface area contributed by atoms with Gasteiger partial charge in [0.2, 0.25) is 12.3 Å². The zero-order valence-electron chi connectivity index (χ0n) is 17.5. The van der Waals surface area contributed by atoms with Gasteiger partial charge in [-0.3, -0.25) is 4.79 Å². The van der Waals surface area contributed by atoms with Gasteiger partial charge in [0.05, 0.1) is 5.69 Å². The van der Waals surface area contributed by atoms with Crippen molar-refractivity contribution in [2.45, 2.75) is 51.3 Å². The van der Waals surface area contributed by atoms with Gasteiger partial charge in [0.1, 0.15) is 17.3 Å². The summed E-state index contributed by atoms with van der Waals surface area (Å²) in [6, 6.07) is 4.73. The number of carbonyl (C=O) groups is 1. The molecule has 1 saturated carbocycles. The Morgan fingerprint density at radius 3 is 2.55 bits per heavy atom. The molecule has 4 aliphatic rings. The molecule has 3 fully saturated rings. The van der Waals surface area contributed by atoms with E-state index in [0.29, 0.717) is 30.2 Å². The first kappa shape index (κ1) is 20.5. The maximum absolute atomic E-state index is 14.6. The Labute approximate surface area is 179 Å². The van der Waals surface area contributed by atoms with Crippen molar-refractivity contribution in [2.24, 2.45) is 5.41 Å². The van der Waals surface area contributed by atoms with Gasteiger partial charge in [0, 0.05) is 50.1 Å². The molecule has 2 N–H and O–H groups in total. The Balaban J connectivity index is 1.17. The molecule has 31 heavy (non-hydrogen) atoms. The minimum absolute atomic E-state index is 0.0814. The van der Waals surface area contributed by atoms with Gasteiger partial charge in [-0.05, 0) is 44.4 Å². The molecule has 1 aromatic rings. The van der Waals surface area contributed by atoms with E-state index in [2.05, 4.69) is 10.6 Å². The number of hydrogen-bond acceptors (Lipinski definition) is 5. The molecule has 3 heterocycles. The number of hydrogen-bond donors (Lipinski definition) is 2. The van der Waals surface area contributed by atoms with E-state index in [4.69, 9.17) is 4.74 Å². The highest BCUT2D eigenvalue weighted by atomic mass is 19.3. The summed E-state index contributed by atoms with van der Waals surface area (Å²) in [6.45, 7) is 4.39. The Morgan fingerprint density at radius 1 is 1.19 bits per heavy atom. The number of carbonyl (C=O) groups excluding carboxylic acids is 1. The number of alkyl halides is 2. The second-order valence-electron chi connectivity index (χ2n) is 9.33. The van der Waals surface area contributed by atoms with E-state index in [1.54, 1.807) is 19.1 Å². The molecule has 1 atom stereocenters. The quantitative estimate of drug-likeness (QED) is 0.755. The number of piperidine rings is 1. The zero-order chi connectivity index (χ0) is 21.8. The first-order valence-electron chi connectivity index (χ1n) is 10.9. The summed E-state index contributed by atoms with van der Waals surface area (Å²) < 4.78 is 46.8. The number of nitrogens with one attached hydrogen (secondary N) is 2. The SMILES string of the molecule is CC1=C(C(=O)Nc2ccc(N3CCCCC3)c(F)c2)NC(N2CC3(C2)CC(F)(F)C3)O1. The molecule has 6 nitrogen and oxygen atoms in total. The average molecular weight is 436 g/mol. The molecule has 0 bridgehead atoms. The number of rotatable bonds is 4. The van der Waals surface area contributed by atoms with E-state index in [9.17, 15) is 18.0 Å². The predicted octanol–water partition coefficient (Wildman–Crippen LogP) is 3.62. The van der Waals surface area contributed by atoms with Crippen LogP contribution in [0.1, 0.15) is 39.0 Å². The number of halogens is 3. The van der Waals surface area contributed by atoms with Crippen LogP contribution in [0.4, 0.5) is 24.5 Å². The lowest BCUT2D eigenvalue weighted by Crippen LogP contribution is -2.69. The third kappa shape index (κ3) is 3.84. The Kier molecular flexibility index (Phi) is 4.84. The van der Waals surface area contributed by atoms with Gasteiger partial charge in [-0.15, -0.1) is 0 Å². The Morgan fingerprint density at radius 2 is 1.90 bits per heavy atom. The Hall–Kier alpha value is -2.42. The second kappa shape index (κ2) is 7.32. The van der Waals surface area contributed by atoms with Crippen LogP contribution in [0.5, 0.6) is 0 Å². The van der Waals surface area contributed by atoms with E-state index < -0.39 is 18.2 Å². The summed E-state index contributed by atoms with van der Waals surface area (Å²) in [6.07, 6.45) is 2.57. The van der Waals surface area contributed by atoms with Crippen molar-refractivity contribution in [3.63, 3.8) is 0 Å². The normalized spacial score (nSPS) is 26.7. The van der Waals surface area contributed by atoms with Gasteiger partial charge >= 0.3 is 0 Å². The average Bonchev–Trinajstić information content (AvgIpc) is 3.06. The highest BCUT2D eigenvalue weighted by Crippen LogP contribution is 2.57. The minimum Gasteiger partial charge on any atom is -0.459 e. The van der Waals surface area contributed by atoms with Crippen molar-refractivity contribution in [3.05, 3.63) is 35.5 Å². The molecule has 9 heteroatoms. The van der Waals surface area contributed by atoms with Crippen LogP contribution in [0, 0.1) is 11.2 Å². The summed E-state index contributed by atoms with van der Waals surface area (Å²) >= 11 is 0. The maximum atomic E-state index is 14.6. The van der Waals surface area contributed by atoms with Gasteiger partial charge in [-0.2, -0.15) is 0 Å². The lowest BCUT2D eigenvalue weighted by Gasteiger charge is -2.59. The number of ether oxygens (including phenoxy) is 1. The summed E-state index contributed by atoms with van der Waals surface area (Å²) in [5.74, 6) is -2.90. The predicted molar refractivity (Wildman–Crippen MR) is 110 cm³/mol. The molecule has 2 saturated heterocycles. The van der Waals surface area contributed by atoms with Crippen molar-refractivity contribution in [2.75, 3.05) is 36.4 Å². The fourth-order valence-corrected chi connectivity index (χ4v) is 5.29. The van der Waals surface area contributed by atoms with Crippen molar-refractivity contribution in [3.8, 4) is 0 Å². The van der Waals surface area contributed by atoms with E-state index in [-0.39, 0.29) is 29.8 Å². The lowest BCUT2D eigenvalue weighted by atomic mass is 9.61. The standard InChI is InChI=1S/C22H27F3N4O2/c1-14-18(27-20(31-14)29-12-21(13-29)10-22(24,25)11-21)19(30)26-15-5-6-17(16(23)9-15)28-7-3-2-4-8-28/h5-6,9,20,27H,2-4,7-8,10-13H2,1H3,(H,26,30). The molecule has 3 aliphatic heterocycles. The largest absolute Gasteiger partial charge is 0.459 e. The highest BCUT2D eigenvalue weighted by Gasteiger charge is 2.63. The van der Waals surface area contributed by atoms with Crippen LogP contribution >= 0.6 is 0 Å². The van der Waals surface area contributed by atoms with Crippen LogP contribution in [-0.2, 0) is 9.53 Å². The molecule has 0 aromatic heterocycles. The van der Waals surface area contributed by atoms with Gasteiger partial charge in [-0.1, -0.05) is 0 Å². The van der Waals surface area contributed by atoms with E-state index >= 15 is 0 Å². The number of anilines is 2. The van der Waals surface area contributed by atoms with Crippen LogP contribution in [0.3, 0.4) is 0 Å². The molecule has 1 aliphatic carbocycles. The van der Waals surface area contributed by atoms with E-state index in [1.807, 2.05) is 9.80 Å². The van der Waals surface area contributed by atoms with Gasteiger partial charge in [0.15, 0.2) is 0 Å². The van der Waals surface area contributed by atoms with Gasteiger partial charge < -0.3 is 20.3 Å². The van der Waals surface area contributed by atoms with Crippen LogP contribution in [0.25, 0.3) is 0 Å². The van der Waals surface area contributed by atoms with Crippen LogP contribution in [0.2, 0.25) is 0 Å². The second-order valence-corrected chi connectivity index (χ2v) is 9.33. The van der Waals surface area contributed by atoms with Crippen molar-refractivity contribution in [1.29, 1.82) is 0 Å². The van der Waals surface area contributed by atoms with Gasteiger partial charge in [-0.25, -0.2) is 18.1 Å². The lowest BCUT2D eigenvalue weighted by molar-refractivity contribution is -0.239. The van der Waals surface area contributed by atoms with E-state index in [1.165, 1.54) is 12.5 Å². The first-order chi connectivity index (χ1) is 14.7. The van der Waals surface area contributed by atoms with Gasteiger partial charge in [0.25, 0.3) is 5.91 Å². The van der Waals surface area contributed by atoms with Crippen LogP contribution < -0.4 is 15.5 Å². The van der Waals surface area contributed by atoms with Crippen LogP contribution in [-0.4, -0.2) is 49.3 Å². The molecular weight excluding hydrogens is 409 g/mol. The molecule has 168 valence electrons. The van der Waals surface area contributed by atoms with E-state index in [0.717, 1.165) is 25.9 Å². The fourth-order valence-electron chi connectivity index (χ4n) is 5.29. The summed E-state index contributed by atoms with van der Waals surface area (Å²) in [4.78, 5) is 16.7. The molecule has 5 rings (SSSR count). The smallest absolute Gasteiger partial charge is 0.275 e. The molecule has 0 radical (unpaired) electrons. The van der Waals surface area contributed by atoms with Crippen LogP contribution in [0.15, 0.2) is 29.7 Å². The molecule has 1 unspecified atom stereocenters. The molecule has 1 amide bonds. The summed E-state index contributed by atoms with van der Waals surface area (Å²) in [5.41, 5.74) is 0.878. The zero-order valence-corrected chi connectivity index (χ0v) is 17.5. The number of amides is 1. The number of allylic oxidation sites excluding steroid dienone is 1. The number of nitrogens with zero attached hydrogens (tertiary/aromatic N) is 2. The monoisotopic (exact) mass is 436 g/mol. The van der Waals surface area contributed by atoms with Crippen molar-refractivity contribution < 1.29 is 22.7 Å². The third-order valence-electron chi connectivity index (χ3n) is 6.71. The number of likely N-dealkylation sites (tertiary alicyclic amines) is 1. The fraction of sp³-hybridized carbons (Fsp3) is 0.591. The molecular formula is C22H27F3N4O2.